The fourth-order valence-corrected chi connectivity index (χ4v) is 1.58. The van der Waals surface area contributed by atoms with Gasteiger partial charge < -0.3 is 15.2 Å². The smallest absolute Gasteiger partial charge is 0.123 e. The second-order valence-corrected chi connectivity index (χ2v) is 4.42. The summed E-state index contributed by atoms with van der Waals surface area (Å²) in [7, 11) is 0. The highest BCUT2D eigenvalue weighted by Gasteiger charge is 2.02. The van der Waals surface area contributed by atoms with E-state index in [1.165, 1.54) is 0 Å². The highest BCUT2D eigenvalue weighted by atomic mass is 16.5. The molecule has 2 N–H and O–H groups in total. The lowest BCUT2D eigenvalue weighted by Gasteiger charge is -2.11. The van der Waals surface area contributed by atoms with E-state index in [2.05, 4.69) is 13.8 Å². The molecular formula is C15H25NO2. The molecular weight excluding hydrogens is 226 g/mol. The zero-order valence-corrected chi connectivity index (χ0v) is 11.6. The van der Waals surface area contributed by atoms with Gasteiger partial charge in [-0.15, -0.1) is 0 Å². The Balaban J connectivity index is 2.62. The van der Waals surface area contributed by atoms with Crippen molar-refractivity contribution in [2.24, 2.45) is 5.73 Å². The highest BCUT2D eigenvalue weighted by Crippen LogP contribution is 2.23. The first-order valence-corrected chi connectivity index (χ1v) is 6.89. The van der Waals surface area contributed by atoms with Crippen molar-refractivity contribution in [3.8, 4) is 11.5 Å². The molecule has 18 heavy (non-hydrogen) atoms. The standard InChI is InChI=1S/C15H25NO2/c1-3-5-7-17-14-9-13(12-16)10-15(11-14)18-8-6-4-2/h9-11H,3-8,12,16H2,1-2H3. The molecule has 0 aliphatic carbocycles. The Kier molecular flexibility index (Phi) is 7.26. The van der Waals surface area contributed by atoms with E-state index in [1.54, 1.807) is 0 Å². The molecule has 3 heteroatoms. The second-order valence-electron chi connectivity index (χ2n) is 4.42. The van der Waals surface area contributed by atoms with Gasteiger partial charge in [-0.2, -0.15) is 0 Å². The summed E-state index contributed by atoms with van der Waals surface area (Å²) < 4.78 is 11.4. The van der Waals surface area contributed by atoms with Crippen LogP contribution in [-0.4, -0.2) is 13.2 Å². The lowest BCUT2D eigenvalue weighted by molar-refractivity contribution is 0.293. The largest absolute Gasteiger partial charge is 0.493 e. The van der Waals surface area contributed by atoms with Crippen LogP contribution >= 0.6 is 0 Å². The summed E-state index contributed by atoms with van der Waals surface area (Å²) in [5.74, 6) is 1.72. The molecule has 0 bridgehead atoms. The lowest BCUT2D eigenvalue weighted by Crippen LogP contribution is -2.02. The minimum atomic E-state index is 0.509. The maximum absolute atomic E-state index is 5.70. The fourth-order valence-electron chi connectivity index (χ4n) is 1.58. The summed E-state index contributed by atoms with van der Waals surface area (Å²) in [6.07, 6.45) is 4.41. The van der Waals surface area contributed by atoms with Crippen LogP contribution in [0.3, 0.4) is 0 Å². The molecule has 0 aliphatic heterocycles. The Labute approximate surface area is 110 Å². The predicted molar refractivity (Wildman–Crippen MR) is 75.1 cm³/mol. The number of unbranched alkanes of at least 4 members (excludes halogenated alkanes) is 2. The summed E-state index contributed by atoms with van der Waals surface area (Å²) in [6.45, 7) is 6.31. The summed E-state index contributed by atoms with van der Waals surface area (Å²) in [6, 6.07) is 5.93. The van der Waals surface area contributed by atoms with E-state index in [0.717, 1.165) is 56.0 Å². The normalized spacial score (nSPS) is 10.4. The summed E-state index contributed by atoms with van der Waals surface area (Å²) >= 11 is 0. The first kappa shape index (κ1) is 14.8. The number of nitrogens with two attached hydrogens (primary N) is 1. The molecule has 0 spiro atoms. The van der Waals surface area contributed by atoms with E-state index in [0.29, 0.717) is 6.54 Å². The average molecular weight is 251 g/mol. The molecule has 1 aromatic carbocycles. The molecule has 0 saturated heterocycles. The molecule has 0 amide bonds. The van der Waals surface area contributed by atoms with Gasteiger partial charge >= 0.3 is 0 Å². The van der Waals surface area contributed by atoms with E-state index in [4.69, 9.17) is 15.2 Å². The SMILES string of the molecule is CCCCOc1cc(CN)cc(OCCCC)c1. The molecule has 1 aromatic rings. The zero-order chi connectivity index (χ0) is 13.2. The van der Waals surface area contributed by atoms with Crippen LogP contribution in [0.5, 0.6) is 11.5 Å². The van der Waals surface area contributed by atoms with Crippen molar-refractivity contribution in [3.05, 3.63) is 23.8 Å². The first-order chi connectivity index (χ1) is 8.80. The molecule has 0 unspecified atom stereocenters. The molecule has 0 fully saturated rings. The lowest BCUT2D eigenvalue weighted by atomic mass is 10.2. The van der Waals surface area contributed by atoms with Crippen LogP contribution in [0.1, 0.15) is 45.1 Å². The Bertz CT molecular complexity index is 311. The quantitative estimate of drug-likeness (QED) is 0.683. The second kappa shape index (κ2) is 8.81. The molecule has 102 valence electrons. The molecule has 0 saturated carbocycles. The van der Waals surface area contributed by atoms with Crippen LogP contribution in [0.15, 0.2) is 18.2 Å². The predicted octanol–water partition coefficient (Wildman–Crippen LogP) is 3.50. The average Bonchev–Trinajstić information content (AvgIpc) is 2.39. The maximum atomic E-state index is 5.70. The van der Waals surface area contributed by atoms with Gasteiger partial charge in [0.15, 0.2) is 0 Å². The summed E-state index contributed by atoms with van der Waals surface area (Å²) in [4.78, 5) is 0. The molecule has 0 atom stereocenters. The first-order valence-electron chi connectivity index (χ1n) is 6.89. The van der Waals surface area contributed by atoms with Crippen molar-refractivity contribution in [3.63, 3.8) is 0 Å². The van der Waals surface area contributed by atoms with Gasteiger partial charge in [0.2, 0.25) is 0 Å². The van der Waals surface area contributed by atoms with Crippen LogP contribution < -0.4 is 15.2 Å². The third kappa shape index (κ3) is 5.41. The van der Waals surface area contributed by atoms with Gasteiger partial charge in [0.25, 0.3) is 0 Å². The maximum Gasteiger partial charge on any atom is 0.123 e. The van der Waals surface area contributed by atoms with Crippen LogP contribution in [0.4, 0.5) is 0 Å². The Hall–Kier alpha value is -1.22. The van der Waals surface area contributed by atoms with Crippen molar-refractivity contribution in [1.82, 2.24) is 0 Å². The molecule has 0 aliphatic rings. The molecule has 1 rings (SSSR count). The van der Waals surface area contributed by atoms with Crippen molar-refractivity contribution >= 4 is 0 Å². The van der Waals surface area contributed by atoms with Gasteiger partial charge in [0.05, 0.1) is 13.2 Å². The summed E-state index contributed by atoms with van der Waals surface area (Å²) in [5.41, 5.74) is 6.74. The van der Waals surface area contributed by atoms with Crippen LogP contribution in [-0.2, 0) is 6.54 Å². The van der Waals surface area contributed by atoms with Crippen LogP contribution in [0.2, 0.25) is 0 Å². The molecule has 3 nitrogen and oxygen atoms in total. The minimum absolute atomic E-state index is 0.509. The van der Waals surface area contributed by atoms with E-state index < -0.39 is 0 Å². The number of hydrogen-bond acceptors (Lipinski definition) is 3. The zero-order valence-electron chi connectivity index (χ0n) is 11.6. The Morgan fingerprint density at radius 2 is 1.39 bits per heavy atom. The van der Waals surface area contributed by atoms with E-state index in [1.807, 2.05) is 18.2 Å². The van der Waals surface area contributed by atoms with Crippen molar-refractivity contribution in [1.29, 1.82) is 0 Å². The van der Waals surface area contributed by atoms with Crippen molar-refractivity contribution in [2.45, 2.75) is 46.1 Å². The van der Waals surface area contributed by atoms with Crippen LogP contribution in [0, 0.1) is 0 Å². The number of ether oxygens (including phenoxy) is 2. The van der Waals surface area contributed by atoms with Gasteiger partial charge in [-0.25, -0.2) is 0 Å². The van der Waals surface area contributed by atoms with Crippen LogP contribution in [0.25, 0.3) is 0 Å². The topological polar surface area (TPSA) is 44.5 Å². The van der Waals surface area contributed by atoms with E-state index in [9.17, 15) is 0 Å². The number of benzene rings is 1. The van der Waals surface area contributed by atoms with Gasteiger partial charge in [-0.05, 0) is 30.5 Å². The number of rotatable bonds is 9. The minimum Gasteiger partial charge on any atom is -0.493 e. The highest BCUT2D eigenvalue weighted by molar-refractivity contribution is 5.38. The molecule has 0 heterocycles. The Morgan fingerprint density at radius 3 is 1.78 bits per heavy atom. The van der Waals surface area contributed by atoms with Gasteiger partial charge in [0, 0.05) is 12.6 Å². The summed E-state index contributed by atoms with van der Waals surface area (Å²) in [5, 5.41) is 0. The van der Waals surface area contributed by atoms with E-state index in [-0.39, 0.29) is 0 Å². The van der Waals surface area contributed by atoms with Crippen molar-refractivity contribution in [2.75, 3.05) is 13.2 Å². The van der Waals surface area contributed by atoms with Crippen molar-refractivity contribution < 1.29 is 9.47 Å². The van der Waals surface area contributed by atoms with E-state index >= 15 is 0 Å². The fraction of sp³-hybridized carbons (Fsp3) is 0.600. The number of hydrogen-bond donors (Lipinski definition) is 1. The van der Waals surface area contributed by atoms with Gasteiger partial charge in [-0.1, -0.05) is 26.7 Å². The molecule has 0 radical (unpaired) electrons. The van der Waals surface area contributed by atoms with Gasteiger partial charge in [-0.3, -0.25) is 0 Å². The third-order valence-corrected chi connectivity index (χ3v) is 2.71. The van der Waals surface area contributed by atoms with Gasteiger partial charge in [0.1, 0.15) is 11.5 Å². The third-order valence-electron chi connectivity index (χ3n) is 2.71. The molecule has 0 aromatic heterocycles. The Morgan fingerprint density at radius 1 is 0.889 bits per heavy atom. The monoisotopic (exact) mass is 251 g/mol.